The second-order valence-corrected chi connectivity index (χ2v) is 7.08. The Balaban J connectivity index is 1.98. The number of fused-ring (bicyclic) bond motifs is 1. The van der Waals surface area contributed by atoms with Crippen LogP contribution in [0.2, 0.25) is 0 Å². The van der Waals surface area contributed by atoms with Crippen LogP contribution in [0.25, 0.3) is 11.0 Å². The fourth-order valence-electron chi connectivity index (χ4n) is 2.98. The Kier molecular flexibility index (Phi) is 6.38. The lowest BCUT2D eigenvalue weighted by Crippen LogP contribution is -2.25. The Morgan fingerprint density at radius 3 is 2.93 bits per heavy atom. The molecule has 2 heterocycles. The first-order chi connectivity index (χ1) is 13.0. The van der Waals surface area contributed by atoms with E-state index >= 15 is 0 Å². The summed E-state index contributed by atoms with van der Waals surface area (Å²) in [6.45, 7) is 4.38. The summed E-state index contributed by atoms with van der Waals surface area (Å²) >= 11 is 3.22. The highest BCUT2D eigenvalue weighted by atomic mass is 79.9. The van der Waals surface area contributed by atoms with E-state index in [1.807, 2.05) is 0 Å². The molecule has 1 aliphatic heterocycles. The number of aryl methyl sites for hydroxylation is 1. The molecule has 1 aliphatic rings. The number of rotatable bonds is 6. The number of alkyl halides is 1. The van der Waals surface area contributed by atoms with Gasteiger partial charge in [0.2, 0.25) is 0 Å². The summed E-state index contributed by atoms with van der Waals surface area (Å²) in [4.78, 5) is 17.5. The van der Waals surface area contributed by atoms with Crippen LogP contribution < -0.4 is 10.4 Å². The Hall–Kier alpha value is -2.06. The van der Waals surface area contributed by atoms with Gasteiger partial charge in [0.15, 0.2) is 6.29 Å². The quantitative estimate of drug-likeness (QED) is 0.241. The number of oxime groups is 1. The summed E-state index contributed by atoms with van der Waals surface area (Å²) in [7, 11) is 0. The second-order valence-electron chi connectivity index (χ2n) is 6.29. The SMILES string of the molecule is CC(=NOCCBr)c1c(O)c2ccc(OC3CCCCO3)c(C)c2oc1=O. The van der Waals surface area contributed by atoms with Gasteiger partial charge in [-0.05, 0) is 38.8 Å². The highest BCUT2D eigenvalue weighted by Gasteiger charge is 2.21. The van der Waals surface area contributed by atoms with E-state index < -0.39 is 5.63 Å². The number of hydrogen-bond donors (Lipinski definition) is 1. The summed E-state index contributed by atoms with van der Waals surface area (Å²) in [5, 5.41) is 15.5. The van der Waals surface area contributed by atoms with E-state index in [2.05, 4.69) is 21.1 Å². The lowest BCUT2D eigenvalue weighted by Gasteiger charge is -2.24. The highest BCUT2D eigenvalue weighted by molar-refractivity contribution is 9.09. The van der Waals surface area contributed by atoms with Gasteiger partial charge in [-0.2, -0.15) is 0 Å². The molecule has 27 heavy (non-hydrogen) atoms. The monoisotopic (exact) mass is 439 g/mol. The molecule has 1 unspecified atom stereocenters. The normalized spacial score (nSPS) is 17.9. The van der Waals surface area contributed by atoms with Crippen molar-refractivity contribution in [3.8, 4) is 11.5 Å². The van der Waals surface area contributed by atoms with E-state index in [-0.39, 0.29) is 28.9 Å². The van der Waals surface area contributed by atoms with Crippen LogP contribution in [0.4, 0.5) is 0 Å². The average Bonchev–Trinajstić information content (AvgIpc) is 2.65. The summed E-state index contributed by atoms with van der Waals surface area (Å²) < 4.78 is 17.0. The maximum Gasteiger partial charge on any atom is 0.349 e. The highest BCUT2D eigenvalue weighted by Crippen LogP contribution is 2.34. The van der Waals surface area contributed by atoms with E-state index in [1.54, 1.807) is 26.0 Å². The fourth-order valence-corrected chi connectivity index (χ4v) is 3.13. The third-order valence-corrected chi connectivity index (χ3v) is 4.70. The summed E-state index contributed by atoms with van der Waals surface area (Å²) in [6.07, 6.45) is 2.58. The largest absolute Gasteiger partial charge is 0.506 e. The van der Waals surface area contributed by atoms with Crippen molar-refractivity contribution in [3.63, 3.8) is 0 Å². The minimum atomic E-state index is -0.683. The lowest BCUT2D eigenvalue weighted by molar-refractivity contribution is -0.106. The van der Waals surface area contributed by atoms with Crippen molar-refractivity contribution in [1.29, 1.82) is 0 Å². The topological polar surface area (TPSA) is 90.5 Å². The second kappa shape index (κ2) is 8.75. The summed E-state index contributed by atoms with van der Waals surface area (Å²) in [6, 6.07) is 3.40. The van der Waals surface area contributed by atoms with Crippen LogP contribution in [0.3, 0.4) is 0 Å². The predicted octanol–water partition coefficient (Wildman–Crippen LogP) is 3.85. The zero-order valence-electron chi connectivity index (χ0n) is 15.3. The number of halogens is 1. The molecule has 1 saturated heterocycles. The molecular weight excluding hydrogens is 418 g/mol. The molecule has 0 bridgehead atoms. The number of benzene rings is 1. The Morgan fingerprint density at radius 1 is 1.41 bits per heavy atom. The molecule has 0 spiro atoms. The first-order valence-corrected chi connectivity index (χ1v) is 9.95. The van der Waals surface area contributed by atoms with Crippen LogP contribution >= 0.6 is 15.9 Å². The number of ether oxygens (including phenoxy) is 2. The molecule has 146 valence electrons. The minimum absolute atomic E-state index is 0.0132. The Bertz CT molecular complexity index is 901. The molecule has 3 rings (SSSR count). The summed E-state index contributed by atoms with van der Waals surface area (Å²) in [5.74, 6) is 0.379. The number of hydrogen-bond acceptors (Lipinski definition) is 7. The molecule has 1 fully saturated rings. The van der Waals surface area contributed by atoms with Gasteiger partial charge in [0.25, 0.3) is 0 Å². The summed E-state index contributed by atoms with van der Waals surface area (Å²) in [5.41, 5.74) is 0.464. The van der Waals surface area contributed by atoms with Crippen molar-refractivity contribution in [2.45, 2.75) is 39.4 Å². The van der Waals surface area contributed by atoms with Gasteiger partial charge in [-0.15, -0.1) is 0 Å². The van der Waals surface area contributed by atoms with Crippen LogP contribution in [-0.2, 0) is 9.57 Å². The van der Waals surface area contributed by atoms with Crippen molar-refractivity contribution < 1.29 is 23.8 Å². The van der Waals surface area contributed by atoms with Crippen molar-refractivity contribution >= 4 is 32.6 Å². The van der Waals surface area contributed by atoms with Crippen LogP contribution in [0.5, 0.6) is 11.5 Å². The molecule has 1 atom stereocenters. The Morgan fingerprint density at radius 2 is 2.22 bits per heavy atom. The van der Waals surface area contributed by atoms with E-state index in [0.717, 1.165) is 19.3 Å². The smallest absolute Gasteiger partial charge is 0.349 e. The first-order valence-electron chi connectivity index (χ1n) is 8.83. The number of nitrogens with zero attached hydrogens (tertiary/aromatic N) is 1. The van der Waals surface area contributed by atoms with E-state index in [0.29, 0.717) is 35.2 Å². The molecule has 0 radical (unpaired) electrons. The maximum absolute atomic E-state index is 12.4. The first kappa shape index (κ1) is 19.7. The molecule has 1 aromatic carbocycles. The molecule has 8 heteroatoms. The van der Waals surface area contributed by atoms with Crippen molar-refractivity contribution in [2.75, 3.05) is 18.5 Å². The number of aromatic hydroxyl groups is 1. The van der Waals surface area contributed by atoms with Gasteiger partial charge in [0.1, 0.15) is 29.3 Å². The van der Waals surface area contributed by atoms with Gasteiger partial charge in [-0.25, -0.2) is 4.79 Å². The fraction of sp³-hybridized carbons (Fsp3) is 0.474. The van der Waals surface area contributed by atoms with Crippen molar-refractivity contribution in [3.05, 3.63) is 33.7 Å². The van der Waals surface area contributed by atoms with Crippen molar-refractivity contribution in [1.82, 2.24) is 0 Å². The van der Waals surface area contributed by atoms with E-state index in [1.165, 1.54) is 0 Å². The van der Waals surface area contributed by atoms with Gasteiger partial charge >= 0.3 is 5.63 Å². The molecule has 0 saturated carbocycles. The van der Waals surface area contributed by atoms with Gasteiger partial charge in [0, 0.05) is 17.3 Å². The zero-order valence-corrected chi connectivity index (χ0v) is 16.9. The molecule has 7 nitrogen and oxygen atoms in total. The molecule has 1 aromatic heterocycles. The maximum atomic E-state index is 12.4. The van der Waals surface area contributed by atoms with Crippen LogP contribution in [0.1, 0.15) is 37.3 Å². The standard InChI is InChI=1S/C19H22BrNO6/c1-11-14(26-15-5-3-4-9-24-15)7-6-13-17(22)16(19(23)27-18(11)13)12(2)21-25-10-8-20/h6-7,15,22H,3-5,8-10H2,1-2H3. The third-order valence-electron chi connectivity index (χ3n) is 4.38. The van der Waals surface area contributed by atoms with Crippen molar-refractivity contribution in [2.24, 2.45) is 5.16 Å². The van der Waals surface area contributed by atoms with Crippen LogP contribution in [-0.4, -0.2) is 35.7 Å². The van der Waals surface area contributed by atoms with Crippen LogP contribution in [0.15, 0.2) is 26.5 Å². The van der Waals surface area contributed by atoms with Gasteiger partial charge in [-0.1, -0.05) is 21.1 Å². The molecule has 1 N–H and O–H groups in total. The van der Waals surface area contributed by atoms with Gasteiger partial charge < -0.3 is 23.8 Å². The lowest BCUT2D eigenvalue weighted by atomic mass is 10.1. The van der Waals surface area contributed by atoms with Crippen LogP contribution in [0, 0.1) is 6.92 Å². The predicted molar refractivity (Wildman–Crippen MR) is 105 cm³/mol. The minimum Gasteiger partial charge on any atom is -0.506 e. The van der Waals surface area contributed by atoms with Gasteiger partial charge in [0.05, 0.1) is 17.7 Å². The van der Waals surface area contributed by atoms with E-state index in [9.17, 15) is 9.90 Å². The molecule has 0 amide bonds. The molecule has 0 aliphatic carbocycles. The third kappa shape index (κ3) is 4.27. The molecule has 2 aromatic rings. The van der Waals surface area contributed by atoms with Gasteiger partial charge in [-0.3, -0.25) is 0 Å². The average molecular weight is 440 g/mol. The Labute approximate surface area is 165 Å². The zero-order chi connectivity index (χ0) is 19.4. The molecular formula is C19H22BrNO6. The van der Waals surface area contributed by atoms with E-state index in [4.69, 9.17) is 18.7 Å².